The molecule has 0 saturated carbocycles. The first-order valence-electron chi connectivity index (χ1n) is 2.61. The fourth-order valence-corrected chi connectivity index (χ4v) is 0. The summed E-state index contributed by atoms with van der Waals surface area (Å²) < 4.78 is 0. The molecule has 0 aromatic heterocycles. The molecule has 17 heavy (non-hydrogen) atoms. The minimum atomic E-state index is -1.83. The largest absolute Gasteiger partial charge is 0.503 e. The van der Waals surface area contributed by atoms with Gasteiger partial charge in [0.2, 0.25) is 0 Å². The molecule has 0 rings (SSSR count). The van der Waals surface area contributed by atoms with Gasteiger partial charge in [-0.2, -0.15) is 0 Å². The maximum absolute atomic E-state index is 8.56. The van der Waals surface area contributed by atoms with Gasteiger partial charge in [0.1, 0.15) is 0 Å². The molecule has 0 fully saturated rings. The predicted octanol–water partition coefficient (Wildman–Crippen LogP) is 0.509. The summed E-state index contributed by atoms with van der Waals surface area (Å²) in [6.07, 6.45) is -7.33. The monoisotopic (exact) mass is 271 g/mol. The van der Waals surface area contributed by atoms with Crippen molar-refractivity contribution < 1.29 is 60.0 Å². The molecule has 0 aliphatic carbocycles. The number of hydrogen-bond donors (Lipinski definition) is 8. The molecule has 0 saturated heterocycles. The second-order valence-electron chi connectivity index (χ2n) is 1.13. The van der Waals surface area contributed by atoms with Gasteiger partial charge < -0.3 is 40.9 Å². The van der Waals surface area contributed by atoms with Gasteiger partial charge in [-0.1, -0.05) is 0 Å². The summed E-state index contributed by atoms with van der Waals surface area (Å²) in [5.41, 5.74) is 0. The van der Waals surface area contributed by atoms with Crippen LogP contribution in [0.15, 0.2) is 0 Å². The van der Waals surface area contributed by atoms with Crippen molar-refractivity contribution >= 4 is 54.2 Å². The molecule has 0 atom stereocenters. The third kappa shape index (κ3) is 557. The average molecular weight is 271 g/mol. The van der Waals surface area contributed by atoms with Crippen LogP contribution in [0.4, 0.5) is 19.2 Å². The molecule has 1 radical (unpaired) electrons. The molecule has 0 aromatic carbocycles. The van der Waals surface area contributed by atoms with E-state index in [-0.39, 0.29) is 29.6 Å². The third-order valence-electron chi connectivity index (χ3n) is 0. The van der Waals surface area contributed by atoms with E-state index in [4.69, 9.17) is 60.0 Å². The van der Waals surface area contributed by atoms with Crippen LogP contribution in [0.1, 0.15) is 0 Å². The van der Waals surface area contributed by atoms with Crippen LogP contribution < -0.4 is 0 Å². The zero-order chi connectivity index (χ0) is 14.3. The summed E-state index contributed by atoms with van der Waals surface area (Å²) in [7, 11) is 0. The maximum Gasteiger partial charge on any atom is 0.503 e. The van der Waals surface area contributed by atoms with Gasteiger partial charge in [-0.05, 0) is 0 Å². The van der Waals surface area contributed by atoms with Crippen LogP contribution in [0, 0.1) is 0 Å². The fraction of sp³-hybridized carbons (Fsp3) is 0. The Balaban J connectivity index is -0.0000000369. The van der Waals surface area contributed by atoms with E-state index < -0.39 is 24.6 Å². The van der Waals surface area contributed by atoms with Crippen molar-refractivity contribution in [3.63, 3.8) is 0 Å². The van der Waals surface area contributed by atoms with Crippen LogP contribution in [-0.4, -0.2) is 95.0 Å². The SMILES string of the molecule is O=C(O)O.O=C(O)O.O=C(O)O.O=C(O)O.[Na]. The second kappa shape index (κ2) is 23.7. The van der Waals surface area contributed by atoms with Crippen LogP contribution in [0.2, 0.25) is 0 Å². The summed E-state index contributed by atoms with van der Waals surface area (Å²) in [5, 5.41) is 55.8. The van der Waals surface area contributed by atoms with Crippen molar-refractivity contribution in [2.75, 3.05) is 0 Å². The fourth-order valence-electron chi connectivity index (χ4n) is 0. The van der Waals surface area contributed by atoms with E-state index in [0.29, 0.717) is 0 Å². The van der Waals surface area contributed by atoms with Gasteiger partial charge in [0.15, 0.2) is 0 Å². The normalized spacial score (nSPS) is 5.65. The molecule has 0 bridgehead atoms. The Morgan fingerprint density at radius 3 is 0.412 bits per heavy atom. The summed E-state index contributed by atoms with van der Waals surface area (Å²) >= 11 is 0. The Hall–Kier alpha value is -1.92. The summed E-state index contributed by atoms with van der Waals surface area (Å²) in [5.74, 6) is 0. The van der Waals surface area contributed by atoms with Gasteiger partial charge >= 0.3 is 24.6 Å². The van der Waals surface area contributed by atoms with Gasteiger partial charge in [-0.3, -0.25) is 0 Å². The molecular formula is C4H8NaO12. The standard InChI is InChI=1S/4CH2O3.Na/c4*2-1(3)4;/h4*(H2,2,3,4);. The third-order valence-corrected chi connectivity index (χ3v) is 0. The second-order valence-corrected chi connectivity index (χ2v) is 1.13. The van der Waals surface area contributed by atoms with E-state index in [2.05, 4.69) is 0 Å². The Bertz CT molecular complexity index is 159. The maximum atomic E-state index is 8.56. The topological polar surface area (TPSA) is 230 Å². The van der Waals surface area contributed by atoms with E-state index in [1.807, 2.05) is 0 Å². The van der Waals surface area contributed by atoms with Crippen molar-refractivity contribution in [3.05, 3.63) is 0 Å². The van der Waals surface area contributed by atoms with Crippen molar-refractivity contribution in [2.45, 2.75) is 0 Å². The Morgan fingerprint density at radius 1 is 0.412 bits per heavy atom. The van der Waals surface area contributed by atoms with E-state index in [1.54, 1.807) is 0 Å². The summed E-state index contributed by atoms with van der Waals surface area (Å²) in [4.78, 5) is 34.2. The first-order valence-corrected chi connectivity index (χ1v) is 2.61. The molecule has 0 heterocycles. The van der Waals surface area contributed by atoms with Gasteiger partial charge in [-0.15, -0.1) is 0 Å². The first kappa shape index (κ1) is 29.4. The van der Waals surface area contributed by atoms with Gasteiger partial charge in [0, 0.05) is 29.6 Å². The van der Waals surface area contributed by atoms with E-state index >= 15 is 0 Å². The quantitative estimate of drug-likeness (QED) is 0.281. The summed E-state index contributed by atoms with van der Waals surface area (Å²) in [6, 6.07) is 0. The number of hydrogen-bond acceptors (Lipinski definition) is 4. The van der Waals surface area contributed by atoms with Crippen LogP contribution in [0.5, 0.6) is 0 Å². The van der Waals surface area contributed by atoms with E-state index in [0.717, 1.165) is 0 Å². The molecule has 0 unspecified atom stereocenters. The van der Waals surface area contributed by atoms with Crippen LogP contribution in [0.25, 0.3) is 0 Å². The molecule has 8 N–H and O–H groups in total. The molecular weight excluding hydrogens is 263 g/mol. The van der Waals surface area contributed by atoms with Crippen molar-refractivity contribution in [1.82, 2.24) is 0 Å². The number of rotatable bonds is 0. The summed E-state index contributed by atoms with van der Waals surface area (Å²) in [6.45, 7) is 0. The van der Waals surface area contributed by atoms with Crippen LogP contribution >= 0.6 is 0 Å². The first-order chi connectivity index (χ1) is 6.93. The van der Waals surface area contributed by atoms with E-state index in [1.165, 1.54) is 0 Å². The van der Waals surface area contributed by atoms with E-state index in [9.17, 15) is 0 Å². The van der Waals surface area contributed by atoms with Crippen molar-refractivity contribution in [3.8, 4) is 0 Å². The number of carboxylic acid groups (broad SMARTS) is 8. The minimum absolute atomic E-state index is 0. The zero-order valence-electron chi connectivity index (χ0n) is 8.21. The molecule has 0 amide bonds. The molecule has 97 valence electrons. The Morgan fingerprint density at radius 2 is 0.412 bits per heavy atom. The molecule has 12 nitrogen and oxygen atoms in total. The average Bonchev–Trinajstić information content (AvgIpc) is 1.76. The number of carbonyl (C=O) groups is 4. The Labute approximate surface area is 114 Å². The smallest absolute Gasteiger partial charge is 0.450 e. The molecule has 0 spiro atoms. The van der Waals surface area contributed by atoms with Gasteiger partial charge in [0.25, 0.3) is 0 Å². The Kier molecular flexibility index (Phi) is 41.0. The van der Waals surface area contributed by atoms with Gasteiger partial charge in [0.05, 0.1) is 0 Å². The van der Waals surface area contributed by atoms with Crippen molar-refractivity contribution in [2.24, 2.45) is 0 Å². The van der Waals surface area contributed by atoms with Crippen LogP contribution in [0.3, 0.4) is 0 Å². The predicted molar refractivity (Wildman–Crippen MR) is 48.4 cm³/mol. The molecule has 0 aromatic rings. The molecule has 0 aliphatic rings. The minimum Gasteiger partial charge on any atom is -0.450 e. The van der Waals surface area contributed by atoms with Gasteiger partial charge in [-0.25, -0.2) is 19.2 Å². The molecule has 13 heteroatoms. The zero-order valence-corrected chi connectivity index (χ0v) is 10.2. The van der Waals surface area contributed by atoms with Crippen molar-refractivity contribution in [1.29, 1.82) is 0 Å². The van der Waals surface area contributed by atoms with Crippen LogP contribution in [-0.2, 0) is 0 Å². The molecule has 0 aliphatic heterocycles.